The monoisotopic (exact) mass is 338 g/mol. The van der Waals surface area contributed by atoms with Crippen LogP contribution < -0.4 is 0 Å². The fraction of sp³-hybridized carbons (Fsp3) is 0. The van der Waals surface area contributed by atoms with Crippen molar-refractivity contribution in [2.45, 2.75) is 9.79 Å². The first-order valence-electron chi connectivity index (χ1n) is 7.22. The van der Waals surface area contributed by atoms with E-state index in [-0.39, 0.29) is 21.3 Å². The van der Waals surface area contributed by atoms with Crippen LogP contribution in [0.4, 0.5) is 0 Å². The number of aromatic hydroxyl groups is 1. The Balaban J connectivity index is 1.91. The van der Waals surface area contributed by atoms with E-state index in [2.05, 4.69) is 0 Å². The molecule has 0 saturated carbocycles. The Bertz CT molecular complexity index is 958. The first kappa shape index (κ1) is 16.0. The molecule has 3 rings (SSSR count). The molecular formula is C19H14O4S. The van der Waals surface area contributed by atoms with Gasteiger partial charge in [-0.1, -0.05) is 18.2 Å². The van der Waals surface area contributed by atoms with E-state index in [0.717, 1.165) is 0 Å². The Hall–Kier alpha value is -2.92. The maximum atomic E-state index is 12.5. The average Bonchev–Trinajstić information content (AvgIpc) is 2.62. The van der Waals surface area contributed by atoms with Gasteiger partial charge in [-0.25, -0.2) is 8.42 Å². The summed E-state index contributed by atoms with van der Waals surface area (Å²) in [5.41, 5.74) is 0.805. The molecule has 0 spiro atoms. The molecule has 0 atom stereocenters. The summed E-state index contributed by atoms with van der Waals surface area (Å²) in [5.74, 6) is -0.158. The molecule has 24 heavy (non-hydrogen) atoms. The van der Waals surface area contributed by atoms with Crippen molar-refractivity contribution in [2.75, 3.05) is 0 Å². The van der Waals surface area contributed by atoms with Crippen LogP contribution in [0.5, 0.6) is 5.75 Å². The molecule has 0 bridgehead atoms. The molecule has 1 N–H and O–H groups in total. The summed E-state index contributed by atoms with van der Waals surface area (Å²) in [5, 5.41) is 9.27. The molecule has 4 nitrogen and oxygen atoms in total. The minimum atomic E-state index is -3.60. The van der Waals surface area contributed by atoms with Gasteiger partial charge in [-0.05, 0) is 60.7 Å². The highest BCUT2D eigenvalue weighted by Gasteiger charge is 2.18. The van der Waals surface area contributed by atoms with E-state index >= 15 is 0 Å². The Morgan fingerprint density at radius 3 is 1.67 bits per heavy atom. The molecule has 5 heteroatoms. The Labute approximate surface area is 139 Å². The largest absolute Gasteiger partial charge is 0.508 e. The third-order valence-electron chi connectivity index (χ3n) is 3.61. The first-order chi connectivity index (χ1) is 11.5. The highest BCUT2D eigenvalue weighted by atomic mass is 32.2. The van der Waals surface area contributed by atoms with Gasteiger partial charge < -0.3 is 5.11 Å². The van der Waals surface area contributed by atoms with Gasteiger partial charge in [0.15, 0.2) is 5.78 Å². The number of sulfone groups is 1. The molecule has 0 aromatic heterocycles. The molecule has 0 aliphatic rings. The van der Waals surface area contributed by atoms with Crippen LogP contribution >= 0.6 is 0 Å². The molecule has 0 aliphatic carbocycles. The number of phenols is 1. The lowest BCUT2D eigenvalue weighted by Gasteiger charge is -2.06. The van der Waals surface area contributed by atoms with Gasteiger partial charge >= 0.3 is 0 Å². The van der Waals surface area contributed by atoms with Crippen molar-refractivity contribution in [3.63, 3.8) is 0 Å². The first-order valence-corrected chi connectivity index (χ1v) is 8.71. The van der Waals surface area contributed by atoms with Crippen LogP contribution in [0.1, 0.15) is 15.9 Å². The molecule has 3 aromatic rings. The van der Waals surface area contributed by atoms with Crippen molar-refractivity contribution in [1.82, 2.24) is 0 Å². The number of ketones is 1. The number of hydrogen-bond donors (Lipinski definition) is 1. The topological polar surface area (TPSA) is 71.4 Å². The predicted molar refractivity (Wildman–Crippen MR) is 89.9 cm³/mol. The molecule has 0 amide bonds. The highest BCUT2D eigenvalue weighted by molar-refractivity contribution is 7.91. The van der Waals surface area contributed by atoms with E-state index in [9.17, 15) is 18.3 Å². The predicted octanol–water partition coefficient (Wildman–Crippen LogP) is 3.46. The lowest BCUT2D eigenvalue weighted by atomic mass is 10.0. The van der Waals surface area contributed by atoms with Crippen molar-refractivity contribution in [2.24, 2.45) is 0 Å². The summed E-state index contributed by atoms with van der Waals surface area (Å²) in [7, 11) is -3.60. The van der Waals surface area contributed by atoms with Crippen molar-refractivity contribution in [1.29, 1.82) is 0 Å². The van der Waals surface area contributed by atoms with E-state index in [4.69, 9.17) is 0 Å². The second kappa shape index (κ2) is 6.29. The number of phenolic OH excluding ortho intramolecular Hbond substituents is 1. The van der Waals surface area contributed by atoms with Gasteiger partial charge in [0, 0.05) is 11.1 Å². The van der Waals surface area contributed by atoms with E-state index in [1.165, 1.54) is 60.7 Å². The number of hydrogen-bond acceptors (Lipinski definition) is 4. The lowest BCUT2D eigenvalue weighted by Crippen LogP contribution is -2.04. The third kappa shape index (κ3) is 3.07. The van der Waals surface area contributed by atoms with E-state index in [0.29, 0.717) is 11.1 Å². The van der Waals surface area contributed by atoms with Crippen LogP contribution in [0, 0.1) is 0 Å². The maximum absolute atomic E-state index is 12.5. The molecule has 3 aromatic carbocycles. The molecule has 0 heterocycles. The van der Waals surface area contributed by atoms with E-state index in [1.807, 2.05) is 0 Å². The third-order valence-corrected chi connectivity index (χ3v) is 5.40. The molecular weight excluding hydrogens is 324 g/mol. The SMILES string of the molecule is O=C(c1ccc(O)cc1)c1ccc(S(=O)(=O)c2ccccc2)cc1. The smallest absolute Gasteiger partial charge is 0.206 e. The molecule has 0 unspecified atom stereocenters. The van der Waals surface area contributed by atoms with Gasteiger partial charge in [0.1, 0.15) is 5.75 Å². The summed E-state index contributed by atoms with van der Waals surface area (Å²) >= 11 is 0. The second-order valence-electron chi connectivity index (χ2n) is 5.22. The van der Waals surface area contributed by atoms with Gasteiger partial charge in [0.2, 0.25) is 9.84 Å². The van der Waals surface area contributed by atoms with Crippen molar-refractivity contribution in [3.8, 4) is 5.75 Å². The Kier molecular flexibility index (Phi) is 4.18. The van der Waals surface area contributed by atoms with Gasteiger partial charge in [0.05, 0.1) is 9.79 Å². The van der Waals surface area contributed by atoms with Crippen LogP contribution in [0.15, 0.2) is 88.7 Å². The van der Waals surface area contributed by atoms with Gasteiger partial charge in [-0.3, -0.25) is 4.79 Å². The molecule has 0 aliphatic heterocycles. The number of rotatable bonds is 4. The van der Waals surface area contributed by atoms with Crippen LogP contribution in [-0.2, 0) is 9.84 Å². The second-order valence-corrected chi connectivity index (χ2v) is 7.17. The fourth-order valence-corrected chi connectivity index (χ4v) is 3.58. The molecule has 0 fully saturated rings. The summed E-state index contributed by atoms with van der Waals surface area (Å²) in [6, 6.07) is 19.9. The minimum Gasteiger partial charge on any atom is -0.508 e. The van der Waals surface area contributed by atoms with Gasteiger partial charge in [-0.2, -0.15) is 0 Å². The van der Waals surface area contributed by atoms with Crippen LogP contribution in [0.2, 0.25) is 0 Å². The molecule has 120 valence electrons. The normalized spacial score (nSPS) is 11.2. The minimum absolute atomic E-state index is 0.0795. The molecule has 0 radical (unpaired) electrons. The number of benzene rings is 3. The summed E-state index contributed by atoms with van der Waals surface area (Å²) < 4.78 is 25.0. The van der Waals surface area contributed by atoms with E-state index < -0.39 is 9.84 Å². The Morgan fingerprint density at radius 2 is 1.12 bits per heavy atom. The van der Waals surface area contributed by atoms with Crippen LogP contribution in [-0.4, -0.2) is 19.3 Å². The summed E-state index contributed by atoms with van der Waals surface area (Å²) in [6.45, 7) is 0. The van der Waals surface area contributed by atoms with Crippen LogP contribution in [0.25, 0.3) is 0 Å². The summed E-state index contributed by atoms with van der Waals surface area (Å²) in [4.78, 5) is 12.7. The highest BCUT2D eigenvalue weighted by Crippen LogP contribution is 2.22. The number of carbonyl (C=O) groups is 1. The average molecular weight is 338 g/mol. The fourth-order valence-electron chi connectivity index (χ4n) is 2.30. The summed E-state index contributed by atoms with van der Waals surface area (Å²) in [6.07, 6.45) is 0. The van der Waals surface area contributed by atoms with Crippen molar-refractivity contribution in [3.05, 3.63) is 90.0 Å². The zero-order chi connectivity index (χ0) is 17.2. The standard InChI is InChI=1S/C19H14O4S/c20-16-10-6-14(7-11-16)19(21)15-8-12-18(13-9-15)24(22,23)17-4-2-1-3-5-17/h1-13,20H. The van der Waals surface area contributed by atoms with Crippen molar-refractivity contribution < 1.29 is 18.3 Å². The zero-order valence-electron chi connectivity index (χ0n) is 12.6. The van der Waals surface area contributed by atoms with E-state index in [1.54, 1.807) is 18.2 Å². The Morgan fingerprint density at radius 1 is 0.667 bits per heavy atom. The van der Waals surface area contributed by atoms with Crippen LogP contribution in [0.3, 0.4) is 0 Å². The quantitative estimate of drug-likeness (QED) is 0.740. The van der Waals surface area contributed by atoms with Crippen molar-refractivity contribution >= 4 is 15.6 Å². The van der Waals surface area contributed by atoms with Gasteiger partial charge in [-0.15, -0.1) is 0 Å². The number of carbonyl (C=O) groups excluding carboxylic acids is 1. The maximum Gasteiger partial charge on any atom is 0.206 e. The van der Waals surface area contributed by atoms with Gasteiger partial charge in [0.25, 0.3) is 0 Å². The zero-order valence-corrected chi connectivity index (χ0v) is 13.4. The molecule has 0 saturated heterocycles. The lowest BCUT2D eigenvalue weighted by molar-refractivity contribution is 0.103.